The maximum Gasteiger partial charge on any atom is 0.0666 e. The molecule has 0 spiro atoms. The summed E-state index contributed by atoms with van der Waals surface area (Å²) in [7, 11) is 0. The summed E-state index contributed by atoms with van der Waals surface area (Å²) < 4.78 is 1.33. The number of thiophene rings is 2. The van der Waals surface area contributed by atoms with Crippen molar-refractivity contribution < 1.29 is 0 Å². The average Bonchev–Trinajstić information content (AvgIpc) is 3.23. The van der Waals surface area contributed by atoms with E-state index < -0.39 is 0 Å². The molecule has 0 unspecified atom stereocenters. The van der Waals surface area contributed by atoms with Gasteiger partial charge in [0, 0.05) is 10.4 Å². The lowest BCUT2D eigenvalue weighted by Crippen LogP contribution is -1.76. The molecule has 0 bridgehead atoms. The topological polar surface area (TPSA) is 0 Å². The minimum absolute atomic E-state index is 1.28. The van der Waals surface area contributed by atoms with Crippen molar-refractivity contribution in [2.45, 2.75) is 0 Å². The Morgan fingerprint density at radius 2 is 1.35 bits per heavy atom. The van der Waals surface area contributed by atoms with E-state index in [0.717, 1.165) is 0 Å². The van der Waals surface area contributed by atoms with Gasteiger partial charge in [-0.3, -0.25) is 0 Å². The molecule has 0 saturated carbocycles. The Balaban J connectivity index is 1.79. The SMILES string of the molecule is Ic1cc(-c2ccccc2)c(-c2cc(-c3ccccc3)cs2)s1. The van der Waals surface area contributed by atoms with Gasteiger partial charge in [-0.15, -0.1) is 22.7 Å². The first-order valence-corrected chi connectivity index (χ1v) is 10.1. The summed E-state index contributed by atoms with van der Waals surface area (Å²) in [5.41, 5.74) is 5.20. The van der Waals surface area contributed by atoms with E-state index in [2.05, 4.69) is 101 Å². The molecule has 23 heavy (non-hydrogen) atoms. The van der Waals surface area contributed by atoms with Gasteiger partial charge in [-0.25, -0.2) is 0 Å². The lowest BCUT2D eigenvalue weighted by Gasteiger charge is -2.01. The molecule has 0 aliphatic carbocycles. The fraction of sp³-hybridized carbons (Fsp3) is 0. The van der Waals surface area contributed by atoms with Gasteiger partial charge in [-0.1, -0.05) is 60.7 Å². The highest BCUT2D eigenvalue weighted by Crippen LogP contribution is 2.43. The lowest BCUT2D eigenvalue weighted by molar-refractivity contribution is 1.66. The summed E-state index contributed by atoms with van der Waals surface area (Å²) in [6, 6.07) is 25.8. The highest BCUT2D eigenvalue weighted by molar-refractivity contribution is 14.1. The molecule has 0 atom stereocenters. The second-order valence-corrected chi connectivity index (χ2v) is 9.08. The number of hydrogen-bond acceptors (Lipinski definition) is 2. The van der Waals surface area contributed by atoms with Crippen LogP contribution in [0.25, 0.3) is 32.0 Å². The molecule has 4 aromatic rings. The van der Waals surface area contributed by atoms with E-state index in [1.54, 1.807) is 0 Å². The largest absolute Gasteiger partial charge is 0.142 e. The average molecular weight is 444 g/mol. The third-order valence-electron chi connectivity index (χ3n) is 3.72. The number of halogens is 1. The van der Waals surface area contributed by atoms with Gasteiger partial charge in [0.2, 0.25) is 0 Å². The molecule has 3 heteroatoms. The van der Waals surface area contributed by atoms with Gasteiger partial charge < -0.3 is 0 Å². The summed E-state index contributed by atoms with van der Waals surface area (Å²) in [6.07, 6.45) is 0. The lowest BCUT2D eigenvalue weighted by atomic mass is 10.1. The van der Waals surface area contributed by atoms with Crippen LogP contribution < -0.4 is 0 Å². The minimum Gasteiger partial charge on any atom is -0.142 e. The molecule has 0 aliphatic rings. The Morgan fingerprint density at radius 3 is 2.04 bits per heavy atom. The van der Waals surface area contributed by atoms with Crippen molar-refractivity contribution in [3.05, 3.63) is 81.1 Å². The number of hydrogen-bond donors (Lipinski definition) is 0. The zero-order valence-electron chi connectivity index (χ0n) is 12.2. The smallest absolute Gasteiger partial charge is 0.0666 e. The van der Waals surface area contributed by atoms with Crippen LogP contribution in [0.15, 0.2) is 78.2 Å². The van der Waals surface area contributed by atoms with Crippen LogP contribution >= 0.6 is 45.3 Å². The third-order valence-corrected chi connectivity index (χ3v) is 6.72. The number of benzene rings is 2. The van der Waals surface area contributed by atoms with Crippen LogP contribution in [0.3, 0.4) is 0 Å². The van der Waals surface area contributed by atoms with E-state index in [0.29, 0.717) is 0 Å². The van der Waals surface area contributed by atoms with Gasteiger partial charge in [0.15, 0.2) is 0 Å². The predicted octanol–water partition coefficient (Wildman–Crippen LogP) is 7.42. The normalized spacial score (nSPS) is 10.8. The summed E-state index contributed by atoms with van der Waals surface area (Å²) in [4.78, 5) is 2.71. The van der Waals surface area contributed by atoms with Gasteiger partial charge in [-0.2, -0.15) is 0 Å². The summed E-state index contributed by atoms with van der Waals surface area (Å²) in [5, 5.41) is 2.26. The first kappa shape index (κ1) is 15.1. The standard InChI is InChI=1S/C20H13IS2/c21-19-12-17(15-9-5-2-6-10-15)20(23-19)18-11-16(13-22-18)14-7-3-1-4-8-14/h1-13H. The zero-order valence-corrected chi connectivity index (χ0v) is 16.0. The molecule has 0 nitrogen and oxygen atoms in total. The van der Waals surface area contributed by atoms with Crippen LogP contribution in [-0.4, -0.2) is 0 Å². The van der Waals surface area contributed by atoms with Crippen molar-refractivity contribution in [1.29, 1.82) is 0 Å². The van der Waals surface area contributed by atoms with Gasteiger partial charge in [0.1, 0.15) is 0 Å². The molecule has 0 N–H and O–H groups in total. The first-order chi connectivity index (χ1) is 11.3. The van der Waals surface area contributed by atoms with Crippen molar-refractivity contribution in [3.63, 3.8) is 0 Å². The minimum atomic E-state index is 1.28. The van der Waals surface area contributed by atoms with Crippen molar-refractivity contribution in [2.24, 2.45) is 0 Å². The van der Waals surface area contributed by atoms with Crippen molar-refractivity contribution in [2.75, 3.05) is 0 Å². The summed E-state index contributed by atoms with van der Waals surface area (Å²) in [6.45, 7) is 0. The molecule has 0 fully saturated rings. The van der Waals surface area contributed by atoms with E-state index in [1.807, 2.05) is 22.7 Å². The fourth-order valence-corrected chi connectivity index (χ4v) is 5.54. The number of rotatable bonds is 3. The monoisotopic (exact) mass is 444 g/mol. The van der Waals surface area contributed by atoms with Crippen molar-refractivity contribution in [1.82, 2.24) is 0 Å². The van der Waals surface area contributed by atoms with E-state index >= 15 is 0 Å². The molecule has 2 aromatic heterocycles. The Kier molecular flexibility index (Phi) is 4.33. The second kappa shape index (κ2) is 6.59. The van der Waals surface area contributed by atoms with Crippen LogP contribution in [0.4, 0.5) is 0 Å². The molecule has 2 heterocycles. The highest BCUT2D eigenvalue weighted by Gasteiger charge is 2.14. The van der Waals surface area contributed by atoms with Gasteiger partial charge >= 0.3 is 0 Å². The third kappa shape index (κ3) is 3.13. The van der Waals surface area contributed by atoms with Crippen LogP contribution in [0.5, 0.6) is 0 Å². The van der Waals surface area contributed by atoms with E-state index in [4.69, 9.17) is 0 Å². The molecule has 4 rings (SSSR count). The van der Waals surface area contributed by atoms with Gasteiger partial charge in [0.25, 0.3) is 0 Å². The van der Waals surface area contributed by atoms with Gasteiger partial charge in [-0.05, 0) is 56.8 Å². The molecular formula is C20H13IS2. The van der Waals surface area contributed by atoms with E-state index in [9.17, 15) is 0 Å². The Labute approximate surface area is 157 Å². The van der Waals surface area contributed by atoms with E-state index in [1.165, 1.54) is 34.9 Å². The zero-order chi connectivity index (χ0) is 15.6. The Bertz CT molecular complexity index is 921. The molecule has 0 radical (unpaired) electrons. The second-order valence-electron chi connectivity index (χ2n) is 5.22. The van der Waals surface area contributed by atoms with Crippen LogP contribution in [0.2, 0.25) is 0 Å². The predicted molar refractivity (Wildman–Crippen MR) is 111 cm³/mol. The van der Waals surface area contributed by atoms with Crippen LogP contribution in [-0.2, 0) is 0 Å². The molecule has 112 valence electrons. The van der Waals surface area contributed by atoms with Gasteiger partial charge in [0.05, 0.1) is 7.76 Å². The fourth-order valence-electron chi connectivity index (χ4n) is 2.61. The summed E-state index contributed by atoms with van der Waals surface area (Å²) in [5.74, 6) is 0. The molecular weight excluding hydrogens is 431 g/mol. The Hall–Kier alpha value is -1.43. The Morgan fingerprint density at radius 1 is 0.696 bits per heavy atom. The molecule has 0 amide bonds. The maximum atomic E-state index is 2.42. The van der Waals surface area contributed by atoms with E-state index in [-0.39, 0.29) is 0 Å². The van der Waals surface area contributed by atoms with Crippen molar-refractivity contribution >= 4 is 45.3 Å². The summed E-state index contributed by atoms with van der Waals surface area (Å²) >= 11 is 6.12. The maximum absolute atomic E-state index is 2.42. The molecule has 0 aliphatic heterocycles. The quantitative estimate of drug-likeness (QED) is 0.289. The van der Waals surface area contributed by atoms with Crippen LogP contribution in [0.1, 0.15) is 0 Å². The van der Waals surface area contributed by atoms with Crippen LogP contribution in [0, 0.1) is 2.88 Å². The molecule has 2 aromatic carbocycles. The highest BCUT2D eigenvalue weighted by atomic mass is 127. The van der Waals surface area contributed by atoms with Crippen molar-refractivity contribution in [3.8, 4) is 32.0 Å². The first-order valence-electron chi connectivity index (χ1n) is 7.30. The molecule has 0 saturated heterocycles.